The SMILES string of the molecule is OC1CN(c2ccnc(C3CC3)n2)C1. The van der Waals surface area contributed by atoms with Crippen LogP contribution in [-0.4, -0.2) is 34.3 Å². The molecular weight excluding hydrogens is 178 g/mol. The molecule has 1 aromatic heterocycles. The maximum Gasteiger partial charge on any atom is 0.133 e. The van der Waals surface area contributed by atoms with Crippen molar-refractivity contribution in [2.45, 2.75) is 24.9 Å². The van der Waals surface area contributed by atoms with Gasteiger partial charge in [0.05, 0.1) is 6.10 Å². The van der Waals surface area contributed by atoms with E-state index in [0.29, 0.717) is 19.0 Å². The normalized spacial score (nSPS) is 22.2. The summed E-state index contributed by atoms with van der Waals surface area (Å²) < 4.78 is 0. The highest BCUT2D eigenvalue weighted by Gasteiger charge is 2.29. The highest BCUT2D eigenvalue weighted by molar-refractivity contribution is 5.41. The van der Waals surface area contributed by atoms with Gasteiger partial charge in [-0.25, -0.2) is 9.97 Å². The minimum Gasteiger partial charge on any atom is -0.389 e. The Hall–Kier alpha value is -1.16. The molecule has 4 nitrogen and oxygen atoms in total. The van der Waals surface area contributed by atoms with E-state index in [1.165, 1.54) is 12.8 Å². The van der Waals surface area contributed by atoms with Gasteiger partial charge in [-0.1, -0.05) is 0 Å². The van der Waals surface area contributed by atoms with Gasteiger partial charge in [-0.3, -0.25) is 0 Å². The fraction of sp³-hybridized carbons (Fsp3) is 0.600. The lowest BCUT2D eigenvalue weighted by molar-refractivity contribution is 0.141. The molecule has 0 bridgehead atoms. The maximum atomic E-state index is 9.19. The molecule has 14 heavy (non-hydrogen) atoms. The number of nitrogens with zero attached hydrogens (tertiary/aromatic N) is 3. The molecule has 0 aromatic carbocycles. The van der Waals surface area contributed by atoms with Crippen LogP contribution < -0.4 is 4.90 Å². The molecule has 4 heteroatoms. The molecule has 74 valence electrons. The molecular formula is C10H13N3O. The lowest BCUT2D eigenvalue weighted by Crippen LogP contribution is -2.51. The smallest absolute Gasteiger partial charge is 0.133 e. The molecule has 1 saturated heterocycles. The van der Waals surface area contributed by atoms with Gasteiger partial charge in [0.1, 0.15) is 11.6 Å². The van der Waals surface area contributed by atoms with Crippen molar-refractivity contribution in [2.24, 2.45) is 0 Å². The number of β-amino-alcohol motifs (C(OH)–C–C–N with tert-alkyl or cyclic N) is 1. The number of rotatable bonds is 2. The summed E-state index contributed by atoms with van der Waals surface area (Å²) in [6, 6.07) is 1.91. The Labute approximate surface area is 82.6 Å². The van der Waals surface area contributed by atoms with Crippen LogP contribution in [0.5, 0.6) is 0 Å². The second-order valence-corrected chi connectivity index (χ2v) is 4.11. The van der Waals surface area contributed by atoms with E-state index in [1.54, 1.807) is 0 Å². The summed E-state index contributed by atoms with van der Waals surface area (Å²) in [5.41, 5.74) is 0. The van der Waals surface area contributed by atoms with Crippen LogP contribution in [0.15, 0.2) is 12.3 Å². The minimum absolute atomic E-state index is 0.172. The van der Waals surface area contributed by atoms with Crippen molar-refractivity contribution in [1.29, 1.82) is 0 Å². The first kappa shape index (κ1) is 8.17. The van der Waals surface area contributed by atoms with E-state index in [9.17, 15) is 5.11 Å². The van der Waals surface area contributed by atoms with Crippen molar-refractivity contribution >= 4 is 5.82 Å². The largest absolute Gasteiger partial charge is 0.389 e. The van der Waals surface area contributed by atoms with Gasteiger partial charge >= 0.3 is 0 Å². The van der Waals surface area contributed by atoms with Crippen molar-refractivity contribution in [2.75, 3.05) is 18.0 Å². The summed E-state index contributed by atoms with van der Waals surface area (Å²) in [7, 11) is 0. The zero-order chi connectivity index (χ0) is 9.54. The summed E-state index contributed by atoms with van der Waals surface area (Å²) >= 11 is 0. The third-order valence-electron chi connectivity index (χ3n) is 2.79. The van der Waals surface area contributed by atoms with Crippen LogP contribution in [0.4, 0.5) is 5.82 Å². The van der Waals surface area contributed by atoms with Crippen LogP contribution >= 0.6 is 0 Å². The summed E-state index contributed by atoms with van der Waals surface area (Å²) in [4.78, 5) is 10.8. The summed E-state index contributed by atoms with van der Waals surface area (Å²) in [5, 5.41) is 9.19. The van der Waals surface area contributed by atoms with Gasteiger partial charge in [0, 0.05) is 25.2 Å². The Morgan fingerprint density at radius 2 is 2.14 bits per heavy atom. The molecule has 1 aromatic rings. The second-order valence-electron chi connectivity index (χ2n) is 4.11. The van der Waals surface area contributed by atoms with E-state index < -0.39 is 0 Å². The average molecular weight is 191 g/mol. The Kier molecular flexibility index (Phi) is 1.70. The quantitative estimate of drug-likeness (QED) is 0.741. The van der Waals surface area contributed by atoms with Crippen LogP contribution in [0.1, 0.15) is 24.6 Å². The van der Waals surface area contributed by atoms with E-state index in [4.69, 9.17) is 0 Å². The third kappa shape index (κ3) is 1.35. The highest BCUT2D eigenvalue weighted by Crippen LogP contribution is 2.38. The number of hydrogen-bond acceptors (Lipinski definition) is 4. The lowest BCUT2D eigenvalue weighted by Gasteiger charge is -2.36. The minimum atomic E-state index is -0.172. The predicted octanol–water partition coefficient (Wildman–Crippen LogP) is 0.535. The van der Waals surface area contributed by atoms with E-state index >= 15 is 0 Å². The third-order valence-corrected chi connectivity index (χ3v) is 2.79. The average Bonchev–Trinajstić information content (AvgIpc) is 2.96. The number of anilines is 1. The van der Waals surface area contributed by atoms with Crippen molar-refractivity contribution in [1.82, 2.24) is 9.97 Å². The molecule has 1 aliphatic heterocycles. The Bertz CT molecular complexity index is 345. The number of aliphatic hydroxyl groups is 1. The molecule has 0 radical (unpaired) electrons. The predicted molar refractivity (Wildman–Crippen MR) is 52.2 cm³/mol. The Morgan fingerprint density at radius 1 is 1.36 bits per heavy atom. The molecule has 2 fully saturated rings. The standard InChI is InChI=1S/C10H13N3O/c14-8-5-13(6-8)9-3-4-11-10(12-9)7-1-2-7/h3-4,7-8,14H,1-2,5-6H2. The zero-order valence-electron chi connectivity index (χ0n) is 7.93. The molecule has 1 saturated carbocycles. The first-order valence-corrected chi connectivity index (χ1v) is 5.09. The van der Waals surface area contributed by atoms with Gasteiger partial charge in [-0.15, -0.1) is 0 Å². The molecule has 0 spiro atoms. The van der Waals surface area contributed by atoms with Crippen LogP contribution in [0, 0.1) is 0 Å². The second kappa shape index (κ2) is 2.92. The molecule has 1 N–H and O–H groups in total. The fourth-order valence-corrected chi connectivity index (χ4v) is 1.72. The van der Waals surface area contributed by atoms with Gasteiger partial charge in [-0.2, -0.15) is 0 Å². The summed E-state index contributed by atoms with van der Waals surface area (Å²) in [5.74, 6) is 2.54. The van der Waals surface area contributed by atoms with Crippen molar-refractivity contribution < 1.29 is 5.11 Å². The Morgan fingerprint density at radius 3 is 2.79 bits per heavy atom. The van der Waals surface area contributed by atoms with Crippen molar-refractivity contribution in [3.63, 3.8) is 0 Å². The number of hydrogen-bond donors (Lipinski definition) is 1. The molecule has 1 aliphatic carbocycles. The fourth-order valence-electron chi connectivity index (χ4n) is 1.72. The van der Waals surface area contributed by atoms with Crippen LogP contribution in [0.25, 0.3) is 0 Å². The maximum absolute atomic E-state index is 9.19. The lowest BCUT2D eigenvalue weighted by atomic mass is 10.2. The van der Waals surface area contributed by atoms with Gasteiger partial charge in [0.15, 0.2) is 0 Å². The zero-order valence-corrected chi connectivity index (χ0v) is 7.93. The Balaban J connectivity index is 1.80. The summed E-state index contributed by atoms with van der Waals surface area (Å²) in [6.45, 7) is 1.42. The van der Waals surface area contributed by atoms with Gasteiger partial charge in [0.2, 0.25) is 0 Å². The van der Waals surface area contributed by atoms with Crippen molar-refractivity contribution in [3.05, 3.63) is 18.1 Å². The van der Waals surface area contributed by atoms with Crippen LogP contribution in [-0.2, 0) is 0 Å². The molecule has 0 atom stereocenters. The monoisotopic (exact) mass is 191 g/mol. The first-order valence-electron chi connectivity index (χ1n) is 5.09. The molecule has 2 aliphatic rings. The first-order chi connectivity index (χ1) is 6.83. The van der Waals surface area contributed by atoms with E-state index in [1.807, 2.05) is 12.3 Å². The van der Waals surface area contributed by atoms with Crippen molar-refractivity contribution in [3.8, 4) is 0 Å². The van der Waals surface area contributed by atoms with E-state index in [0.717, 1.165) is 11.6 Å². The van der Waals surface area contributed by atoms with Gasteiger partial charge in [-0.05, 0) is 18.9 Å². The number of aliphatic hydroxyl groups excluding tert-OH is 1. The van der Waals surface area contributed by atoms with Gasteiger partial charge in [0.25, 0.3) is 0 Å². The van der Waals surface area contributed by atoms with Crippen LogP contribution in [0.2, 0.25) is 0 Å². The van der Waals surface area contributed by atoms with E-state index in [2.05, 4.69) is 14.9 Å². The van der Waals surface area contributed by atoms with Gasteiger partial charge < -0.3 is 10.0 Å². The van der Waals surface area contributed by atoms with E-state index in [-0.39, 0.29) is 6.10 Å². The summed E-state index contributed by atoms with van der Waals surface area (Å²) in [6.07, 6.45) is 4.10. The number of aromatic nitrogens is 2. The highest BCUT2D eigenvalue weighted by atomic mass is 16.3. The molecule has 2 heterocycles. The van der Waals surface area contributed by atoms with Crippen LogP contribution in [0.3, 0.4) is 0 Å². The molecule has 0 unspecified atom stereocenters. The molecule has 3 rings (SSSR count). The molecule has 0 amide bonds. The topological polar surface area (TPSA) is 49.2 Å².